The van der Waals surface area contributed by atoms with Crippen LogP contribution in [0.1, 0.15) is 11.1 Å². The van der Waals surface area contributed by atoms with Gasteiger partial charge in [-0.05, 0) is 11.1 Å². The maximum atomic E-state index is 12.1. The monoisotopic (exact) mass is 307 g/mol. The maximum absolute atomic E-state index is 12.1. The van der Waals surface area contributed by atoms with E-state index in [0.29, 0.717) is 13.1 Å². The van der Waals surface area contributed by atoms with Crippen molar-refractivity contribution in [3.63, 3.8) is 0 Å². The van der Waals surface area contributed by atoms with Crippen molar-refractivity contribution in [1.29, 1.82) is 0 Å². The molecule has 0 aliphatic carbocycles. The number of hydrogen-bond donors (Lipinski definition) is 0. The third-order valence-corrected chi connectivity index (χ3v) is 3.30. The molecule has 0 heterocycles. The first-order valence-corrected chi connectivity index (χ1v) is 7.19. The summed E-state index contributed by atoms with van der Waals surface area (Å²) in [6.45, 7) is 0.981. The van der Waals surface area contributed by atoms with Gasteiger partial charge < -0.3 is 4.90 Å². The van der Waals surface area contributed by atoms with Crippen molar-refractivity contribution in [2.75, 3.05) is 0 Å². The molecule has 4 heteroatoms. The van der Waals surface area contributed by atoms with Crippen LogP contribution in [0.25, 0.3) is 0 Å². The molecule has 0 unspecified atom stereocenters. The number of rotatable bonds is 5. The highest BCUT2D eigenvalue weighted by Gasteiger charge is 2.20. The number of halogens is 2. The van der Waals surface area contributed by atoms with Crippen LogP contribution in [-0.2, 0) is 17.9 Å². The molecular formula is C16H15Cl2NO. The normalized spacial score (nSPS) is 10.6. The quantitative estimate of drug-likeness (QED) is 0.764. The van der Waals surface area contributed by atoms with E-state index < -0.39 is 4.84 Å². The number of hydrogen-bond acceptors (Lipinski definition) is 1. The zero-order valence-corrected chi connectivity index (χ0v) is 12.4. The van der Waals surface area contributed by atoms with Crippen molar-refractivity contribution in [2.45, 2.75) is 17.9 Å². The molecule has 0 saturated carbocycles. The van der Waals surface area contributed by atoms with E-state index in [1.165, 1.54) is 0 Å². The van der Waals surface area contributed by atoms with Gasteiger partial charge in [-0.1, -0.05) is 83.9 Å². The Labute approximate surface area is 128 Å². The molecule has 0 aliphatic heterocycles. The Morgan fingerprint density at radius 2 is 1.25 bits per heavy atom. The molecular weight excluding hydrogens is 293 g/mol. The maximum Gasteiger partial charge on any atom is 0.256 e. The van der Waals surface area contributed by atoms with Crippen LogP contribution in [0.5, 0.6) is 0 Å². The molecule has 2 nitrogen and oxygen atoms in total. The molecule has 2 aromatic carbocycles. The lowest BCUT2D eigenvalue weighted by atomic mass is 10.1. The van der Waals surface area contributed by atoms with E-state index in [1.54, 1.807) is 4.90 Å². The second-order valence-electron chi connectivity index (χ2n) is 4.47. The standard InChI is InChI=1S/C16H15Cl2NO/c17-15(18)16(20)19(11-13-7-3-1-4-8-13)12-14-9-5-2-6-10-14/h1-10,15H,11-12H2. The summed E-state index contributed by atoms with van der Waals surface area (Å²) in [5, 5.41) is 0. The smallest absolute Gasteiger partial charge is 0.256 e. The lowest BCUT2D eigenvalue weighted by molar-refractivity contribution is -0.130. The van der Waals surface area contributed by atoms with Crippen molar-refractivity contribution in [2.24, 2.45) is 0 Å². The molecule has 0 aromatic heterocycles. The average Bonchev–Trinajstić information content (AvgIpc) is 2.48. The summed E-state index contributed by atoms with van der Waals surface area (Å²) in [5.41, 5.74) is 2.09. The third kappa shape index (κ3) is 4.26. The van der Waals surface area contributed by atoms with Crippen LogP contribution in [0.2, 0.25) is 0 Å². The van der Waals surface area contributed by atoms with Gasteiger partial charge in [-0.3, -0.25) is 4.79 Å². The summed E-state index contributed by atoms with van der Waals surface area (Å²) in [4.78, 5) is 12.7. The van der Waals surface area contributed by atoms with Crippen LogP contribution < -0.4 is 0 Å². The summed E-state index contributed by atoms with van der Waals surface area (Å²) in [6, 6.07) is 19.6. The average molecular weight is 308 g/mol. The van der Waals surface area contributed by atoms with E-state index in [-0.39, 0.29) is 5.91 Å². The van der Waals surface area contributed by atoms with Gasteiger partial charge in [-0.25, -0.2) is 0 Å². The minimum atomic E-state index is -1.04. The van der Waals surface area contributed by atoms with Crippen LogP contribution in [0.15, 0.2) is 60.7 Å². The van der Waals surface area contributed by atoms with Gasteiger partial charge in [0.2, 0.25) is 0 Å². The zero-order chi connectivity index (χ0) is 14.4. The molecule has 104 valence electrons. The summed E-state index contributed by atoms with van der Waals surface area (Å²) in [7, 11) is 0. The SMILES string of the molecule is O=C(C(Cl)Cl)N(Cc1ccccc1)Cc1ccccc1. The zero-order valence-electron chi connectivity index (χ0n) is 10.9. The fourth-order valence-electron chi connectivity index (χ4n) is 1.96. The minimum Gasteiger partial charge on any atom is -0.332 e. The molecule has 2 rings (SSSR count). The number of benzene rings is 2. The van der Waals surface area contributed by atoms with Gasteiger partial charge in [-0.15, -0.1) is 0 Å². The predicted molar refractivity (Wildman–Crippen MR) is 82.6 cm³/mol. The number of nitrogens with zero attached hydrogens (tertiary/aromatic N) is 1. The molecule has 2 aromatic rings. The van der Waals surface area contributed by atoms with Gasteiger partial charge in [0, 0.05) is 13.1 Å². The molecule has 0 radical (unpaired) electrons. The van der Waals surface area contributed by atoms with E-state index in [1.807, 2.05) is 60.7 Å². The highest BCUT2D eigenvalue weighted by atomic mass is 35.5. The van der Waals surface area contributed by atoms with E-state index in [4.69, 9.17) is 23.2 Å². The van der Waals surface area contributed by atoms with E-state index in [0.717, 1.165) is 11.1 Å². The van der Waals surface area contributed by atoms with Gasteiger partial charge in [0.1, 0.15) is 0 Å². The summed E-state index contributed by atoms with van der Waals surface area (Å²) in [5.74, 6) is -0.277. The van der Waals surface area contributed by atoms with Crippen molar-refractivity contribution in [3.05, 3.63) is 71.8 Å². The van der Waals surface area contributed by atoms with Crippen LogP contribution in [0.4, 0.5) is 0 Å². The topological polar surface area (TPSA) is 20.3 Å². The van der Waals surface area contributed by atoms with Crippen LogP contribution in [0, 0.1) is 0 Å². The van der Waals surface area contributed by atoms with E-state index in [2.05, 4.69) is 0 Å². The summed E-state index contributed by atoms with van der Waals surface area (Å²) < 4.78 is 0. The van der Waals surface area contributed by atoms with Gasteiger partial charge in [0.25, 0.3) is 5.91 Å². The molecule has 0 aliphatic rings. The Morgan fingerprint density at radius 1 is 0.850 bits per heavy atom. The Kier molecular flexibility index (Phi) is 5.45. The van der Waals surface area contributed by atoms with Gasteiger partial charge >= 0.3 is 0 Å². The minimum absolute atomic E-state index is 0.277. The molecule has 1 amide bonds. The molecule has 0 spiro atoms. The largest absolute Gasteiger partial charge is 0.332 e. The van der Waals surface area contributed by atoms with Gasteiger partial charge in [-0.2, -0.15) is 0 Å². The number of alkyl halides is 2. The van der Waals surface area contributed by atoms with Crippen LogP contribution in [-0.4, -0.2) is 15.6 Å². The second-order valence-corrected chi connectivity index (χ2v) is 5.56. The lowest BCUT2D eigenvalue weighted by Gasteiger charge is -2.23. The molecule has 0 saturated heterocycles. The molecule has 0 atom stereocenters. The second kappa shape index (κ2) is 7.32. The number of carbonyl (C=O) groups excluding carboxylic acids is 1. The van der Waals surface area contributed by atoms with Gasteiger partial charge in [0.15, 0.2) is 4.84 Å². The first-order chi connectivity index (χ1) is 9.66. The van der Waals surface area contributed by atoms with Gasteiger partial charge in [0.05, 0.1) is 0 Å². The van der Waals surface area contributed by atoms with Crippen molar-refractivity contribution >= 4 is 29.1 Å². The van der Waals surface area contributed by atoms with E-state index >= 15 is 0 Å². The molecule has 20 heavy (non-hydrogen) atoms. The first kappa shape index (κ1) is 14.9. The Hall–Kier alpha value is -1.51. The lowest BCUT2D eigenvalue weighted by Crippen LogP contribution is -2.33. The van der Waals surface area contributed by atoms with Crippen LogP contribution in [0.3, 0.4) is 0 Å². The summed E-state index contributed by atoms with van der Waals surface area (Å²) >= 11 is 11.5. The third-order valence-electron chi connectivity index (χ3n) is 2.93. The van der Waals surface area contributed by atoms with Crippen LogP contribution >= 0.6 is 23.2 Å². The summed E-state index contributed by atoms with van der Waals surface area (Å²) in [6.07, 6.45) is 0. The number of carbonyl (C=O) groups is 1. The van der Waals surface area contributed by atoms with Crippen molar-refractivity contribution < 1.29 is 4.79 Å². The molecule has 0 bridgehead atoms. The molecule has 0 N–H and O–H groups in total. The Morgan fingerprint density at radius 3 is 1.60 bits per heavy atom. The Balaban J connectivity index is 2.15. The van der Waals surface area contributed by atoms with Crippen molar-refractivity contribution in [1.82, 2.24) is 4.90 Å². The predicted octanol–water partition coefficient (Wildman–Crippen LogP) is 4.02. The first-order valence-electron chi connectivity index (χ1n) is 6.31. The Bertz CT molecular complexity index is 501. The fraction of sp³-hybridized carbons (Fsp3) is 0.188. The highest BCUT2D eigenvalue weighted by Crippen LogP contribution is 2.15. The number of amides is 1. The fourth-order valence-corrected chi connectivity index (χ4v) is 2.23. The molecule has 0 fully saturated rings. The highest BCUT2D eigenvalue weighted by molar-refractivity contribution is 6.53. The van der Waals surface area contributed by atoms with Crippen molar-refractivity contribution in [3.8, 4) is 0 Å². The van der Waals surface area contributed by atoms with E-state index in [9.17, 15) is 4.79 Å².